The molecule has 1 unspecified atom stereocenters. The summed E-state index contributed by atoms with van der Waals surface area (Å²) in [6.07, 6.45) is 11.3. The molecule has 0 amide bonds. The van der Waals surface area contributed by atoms with E-state index in [4.69, 9.17) is 35.8 Å². The fourth-order valence-electron chi connectivity index (χ4n) is 16.5. The number of rotatable bonds is 7. The second kappa shape index (κ2) is 32.1. The van der Waals surface area contributed by atoms with Gasteiger partial charge in [0, 0.05) is 156 Å². The van der Waals surface area contributed by atoms with Crippen molar-refractivity contribution in [2.24, 2.45) is 35.2 Å². The number of aromatic nitrogens is 10. The molecular weight excluding hydrogens is 1480 g/mol. The summed E-state index contributed by atoms with van der Waals surface area (Å²) in [4.78, 5) is 22.4. The molecule has 5 aromatic carbocycles. The predicted molar refractivity (Wildman–Crippen MR) is 485 cm³/mol. The van der Waals surface area contributed by atoms with Crippen LogP contribution in [0.15, 0.2) is 229 Å². The molecule has 15 heteroatoms. The van der Waals surface area contributed by atoms with Crippen molar-refractivity contribution >= 4 is 110 Å². The van der Waals surface area contributed by atoms with E-state index in [2.05, 4.69) is 274 Å². The van der Waals surface area contributed by atoms with E-state index < -0.39 is 26.4 Å². The van der Waals surface area contributed by atoms with Gasteiger partial charge in [-0.2, -0.15) is 0 Å². The molecule has 0 aliphatic heterocycles. The van der Waals surface area contributed by atoms with Gasteiger partial charge >= 0.3 is 0 Å². The van der Waals surface area contributed by atoms with Crippen LogP contribution in [0.5, 0.6) is 0 Å². The largest absolute Gasteiger partial charge is 0.437 e. The van der Waals surface area contributed by atoms with Crippen LogP contribution in [-0.2, 0) is 35.2 Å². The van der Waals surface area contributed by atoms with Crippen LogP contribution in [0.1, 0.15) is 143 Å². The molecule has 0 spiro atoms. The van der Waals surface area contributed by atoms with E-state index in [0.717, 1.165) is 128 Å². The van der Waals surface area contributed by atoms with Gasteiger partial charge in [-0.1, -0.05) is 82.2 Å². The Bertz CT molecular complexity index is 7940. The fraction of sp³-hybridized carbons (Fsp3) is 0.238. The van der Waals surface area contributed by atoms with Gasteiger partial charge in [-0.3, -0.25) is 0 Å². The molecule has 0 N–H and O–H groups in total. The summed E-state index contributed by atoms with van der Waals surface area (Å²) >= 11 is 0. The Morgan fingerprint density at radius 1 is 0.317 bits per heavy atom. The Kier molecular flexibility index (Phi) is 18.4. The number of nitrogens with zero attached hydrogens (tertiary/aromatic N) is 10. The second-order valence-electron chi connectivity index (χ2n) is 32.3. The number of fused-ring (bicyclic) bond motifs is 15. The molecule has 15 heterocycles. The average molecular weight is 1600 g/mol. The Labute approximate surface area is 714 Å². The zero-order valence-electron chi connectivity index (χ0n) is 81.7. The molecule has 1 atom stereocenters. The Morgan fingerprint density at radius 3 is 1.19 bits per heavy atom. The summed E-state index contributed by atoms with van der Waals surface area (Å²) in [5.41, 5.74) is 31.0. The topological polar surface area (TPSA) is 150 Å². The highest BCUT2D eigenvalue weighted by Gasteiger charge is 2.29. The van der Waals surface area contributed by atoms with E-state index in [1.807, 2.05) is 58.0 Å². The summed E-state index contributed by atoms with van der Waals surface area (Å²) in [5, 5.41) is 9.63. The van der Waals surface area contributed by atoms with Crippen LogP contribution in [-0.4, -0.2) is 24.9 Å². The molecule has 0 saturated carbocycles. The molecule has 20 aromatic rings. The molecular formula is C105H105N10O5+5. The first kappa shape index (κ1) is 68.6. The Hall–Kier alpha value is -13.4. The quantitative estimate of drug-likeness (QED) is 0.141. The lowest BCUT2D eigenvalue weighted by Gasteiger charge is -2.13. The van der Waals surface area contributed by atoms with Gasteiger partial charge < -0.3 is 22.1 Å². The maximum atomic E-state index is 8.66. The fourth-order valence-corrected chi connectivity index (χ4v) is 16.5. The number of pyridine rings is 10. The average Bonchev–Trinajstić information content (AvgIpc) is 1.39. The molecule has 0 bridgehead atoms. The first-order valence-corrected chi connectivity index (χ1v) is 40.4. The number of hydrogen-bond acceptors (Lipinski definition) is 10. The smallest absolute Gasteiger partial charge is 0.227 e. The second-order valence-corrected chi connectivity index (χ2v) is 32.3. The maximum Gasteiger partial charge on any atom is 0.227 e. The molecule has 15 nitrogen and oxygen atoms in total. The molecule has 0 fully saturated rings. The summed E-state index contributed by atoms with van der Waals surface area (Å²) in [7, 11) is 9.91. The number of furan rings is 5. The summed E-state index contributed by atoms with van der Waals surface area (Å²) < 4.78 is 121. The Balaban J connectivity index is 0.000000120. The number of aryl methyl sites for hydroxylation is 19. The zero-order chi connectivity index (χ0) is 93.1. The van der Waals surface area contributed by atoms with Crippen molar-refractivity contribution in [3.05, 3.63) is 297 Å². The van der Waals surface area contributed by atoms with Gasteiger partial charge in [0.25, 0.3) is 0 Å². The van der Waals surface area contributed by atoms with Gasteiger partial charge in [-0.25, -0.2) is 47.8 Å². The van der Waals surface area contributed by atoms with Gasteiger partial charge in [0.05, 0.1) is 27.8 Å². The summed E-state index contributed by atoms with van der Waals surface area (Å²) in [6, 6.07) is 57.2. The number of benzene rings is 5. The lowest BCUT2D eigenvalue weighted by molar-refractivity contribution is -0.660. The van der Waals surface area contributed by atoms with Crippen LogP contribution in [0.25, 0.3) is 167 Å². The van der Waals surface area contributed by atoms with E-state index in [-0.39, 0.29) is 28.0 Å². The molecule has 0 aliphatic rings. The minimum Gasteiger partial charge on any atom is -0.437 e. The highest BCUT2D eigenvalue weighted by Crippen LogP contribution is 2.44. The van der Waals surface area contributed by atoms with Gasteiger partial charge in [-0.05, 0) is 231 Å². The maximum absolute atomic E-state index is 8.66. The van der Waals surface area contributed by atoms with Crippen molar-refractivity contribution in [1.82, 2.24) is 24.9 Å². The summed E-state index contributed by atoms with van der Waals surface area (Å²) in [6.45, 7) is 22.2. The monoisotopic (exact) mass is 1600 g/mol. The highest BCUT2D eigenvalue weighted by atomic mass is 16.4. The van der Waals surface area contributed by atoms with Crippen molar-refractivity contribution in [3.8, 4) is 56.3 Å². The van der Waals surface area contributed by atoms with E-state index in [9.17, 15) is 0 Å². The third-order valence-corrected chi connectivity index (χ3v) is 23.0. The van der Waals surface area contributed by atoms with Crippen LogP contribution in [0.3, 0.4) is 0 Å². The van der Waals surface area contributed by atoms with E-state index in [1.54, 1.807) is 26.1 Å². The standard InChI is InChI=1S/C23H25N2O.C22H23N2O.C21H21N2O.C20H19N2O.C19H17N2O/c1-13(2)18-11-19(25(6)12-16(18)5)21-15(4)10-14(3)20-17-8-7-9-24-23(17)26-22(20)21;1-13(2)16-10-11-24(5)19(12-16)20-14(3)6-8-17-18-9-7-15(4)23-22(18)25-21(17)20;1-12-6-8-16-17-9-7-15(4)22-21(17)24-20(16)19(12)18-10-13(2)14(3)11-23(18)5;1-12-5-10-17(22(4)11-12)18-13(2)6-8-15-16-9-7-14(3)21-20(16)23-19(15)18;1-12-7-9-14-15-10-8-13(2)20-19(15)22-18(14)17(12)16-6-4-5-11-21(16)3/h7-13H,1-6H3;6-13H,1-5H3;6-11H,1-5H3;5-11H,1-4H3;4-11H,1-3H3/q5*+1/i1D3,3D3,5D3,13D;;;;. The van der Waals surface area contributed by atoms with Gasteiger partial charge in [0.15, 0.2) is 58.9 Å². The first-order valence-electron chi connectivity index (χ1n) is 45.4. The van der Waals surface area contributed by atoms with Crippen molar-refractivity contribution in [2.75, 3.05) is 0 Å². The molecule has 0 radical (unpaired) electrons. The molecule has 15 aromatic heterocycles. The predicted octanol–water partition coefficient (Wildman–Crippen LogP) is 23.9. The van der Waals surface area contributed by atoms with Gasteiger partial charge in [0.2, 0.25) is 57.0 Å². The minimum atomic E-state index is -2.82. The van der Waals surface area contributed by atoms with E-state index >= 15 is 0 Å². The van der Waals surface area contributed by atoms with Crippen LogP contribution in [0.2, 0.25) is 0 Å². The van der Waals surface area contributed by atoms with Crippen molar-refractivity contribution in [2.45, 2.75) is 136 Å². The summed E-state index contributed by atoms with van der Waals surface area (Å²) in [5.74, 6) is -1.75. The molecule has 0 saturated heterocycles. The van der Waals surface area contributed by atoms with Gasteiger partial charge in [-0.15, -0.1) is 0 Å². The van der Waals surface area contributed by atoms with Crippen LogP contribution in [0, 0.1) is 96.8 Å². The lowest BCUT2D eigenvalue weighted by Crippen LogP contribution is -2.32. The molecule has 600 valence electrons. The van der Waals surface area contributed by atoms with Crippen molar-refractivity contribution in [3.63, 3.8) is 0 Å². The molecule has 20 rings (SSSR count). The van der Waals surface area contributed by atoms with Crippen LogP contribution < -0.4 is 22.8 Å². The minimum absolute atomic E-state index is 0.0836. The SMILES string of the molecule is Cc1ccc(-c2c(C)ccc3c2oc2nc(C)ccc23)[n+](C)c1.Cc1ccc2c(n1)oc1c(-c3cc(C(C)C)cc[n+]3C)c(C)ccc12.Cc1ccc2c(n1)oc1c(-c3cc(C)c(C)c[n+]3C)c(C)ccc12.Cc1ccc2c(n1)oc1c(-c3cccc[n+]3C)c(C)ccc12.[2H]C([2H])([2H])c1c[n+](C)c(-c2c(C)cc(C([2H])([2H])[2H])c3c2oc2ncccc23)cc1C([2H])(C)C([2H])([2H])[2H]. The van der Waals surface area contributed by atoms with E-state index in [1.165, 1.54) is 86.2 Å². The normalized spacial score (nSPS) is 13.6. The van der Waals surface area contributed by atoms with Crippen molar-refractivity contribution in [1.29, 1.82) is 0 Å². The highest BCUT2D eigenvalue weighted by molar-refractivity contribution is 6.13. The third-order valence-electron chi connectivity index (χ3n) is 23.0. The van der Waals surface area contributed by atoms with Crippen molar-refractivity contribution < 1.29 is 58.6 Å². The molecule has 0 aliphatic carbocycles. The Morgan fingerprint density at radius 2 is 0.733 bits per heavy atom. The van der Waals surface area contributed by atoms with Crippen LogP contribution in [0.4, 0.5) is 0 Å². The van der Waals surface area contributed by atoms with E-state index in [0.29, 0.717) is 56.4 Å². The number of hydrogen-bond donors (Lipinski definition) is 0. The van der Waals surface area contributed by atoms with Gasteiger partial charge in [0.1, 0.15) is 35.2 Å². The lowest BCUT2D eigenvalue weighted by atomic mass is 9.93. The zero-order valence-corrected chi connectivity index (χ0v) is 71.7. The van der Waals surface area contributed by atoms with Crippen LogP contribution >= 0.6 is 0 Å². The first-order chi connectivity index (χ1) is 61.4. The third kappa shape index (κ3) is 14.9. The molecule has 120 heavy (non-hydrogen) atoms.